The van der Waals surface area contributed by atoms with Gasteiger partial charge in [-0.25, -0.2) is 0 Å². The molecule has 0 aliphatic carbocycles. The van der Waals surface area contributed by atoms with Crippen LogP contribution in [0, 0.1) is 0 Å². The Labute approximate surface area is 185 Å². The van der Waals surface area contributed by atoms with E-state index in [4.69, 9.17) is 9.47 Å². The lowest BCUT2D eigenvalue weighted by Gasteiger charge is -2.34. The number of ether oxygens (including phenoxy) is 2. The fraction of sp³-hybridized carbons (Fsp3) is 0.455. The Bertz CT molecular complexity index is 1100. The number of methoxy groups -OCH3 is 2. The molecule has 2 atom stereocenters. The van der Waals surface area contributed by atoms with Crippen LogP contribution in [0.3, 0.4) is 0 Å². The number of rotatable bonds is 5. The number of nitrogens with one attached hydrogen (secondary N) is 3. The molecule has 32 heavy (non-hydrogen) atoms. The molecule has 2 aliphatic heterocycles. The standard InChI is InChI=1S/C22H27N5O5/c1-12-6-4-5-9-27(12)22-25-19-18(21(30)26-22)14(11-17(28)24-19)20(29)23-15-10-13(31-2)7-8-16(15)32-3/h7-8,10,12,14H,4-6,9,11H2,1-3H3,(H,23,29)(H2,24,25,26,28,30)/t12-,14-/m1/s1. The third-order valence-electron chi connectivity index (χ3n) is 5.99. The zero-order chi connectivity index (χ0) is 22.8. The number of aromatic amines is 1. The van der Waals surface area contributed by atoms with E-state index in [1.165, 1.54) is 14.2 Å². The average Bonchev–Trinajstić information content (AvgIpc) is 2.78. The molecule has 0 saturated carbocycles. The Morgan fingerprint density at radius 2 is 2.03 bits per heavy atom. The smallest absolute Gasteiger partial charge is 0.258 e. The maximum absolute atomic E-state index is 13.2. The first kappa shape index (κ1) is 21.7. The lowest BCUT2D eigenvalue weighted by Crippen LogP contribution is -2.42. The highest BCUT2D eigenvalue weighted by Crippen LogP contribution is 2.34. The fourth-order valence-electron chi connectivity index (χ4n) is 4.26. The Balaban J connectivity index is 1.67. The number of hydrogen-bond acceptors (Lipinski definition) is 7. The molecule has 10 heteroatoms. The van der Waals surface area contributed by atoms with Gasteiger partial charge in [-0.15, -0.1) is 0 Å². The van der Waals surface area contributed by atoms with Gasteiger partial charge in [-0.05, 0) is 38.3 Å². The number of aromatic nitrogens is 2. The maximum Gasteiger partial charge on any atom is 0.258 e. The summed E-state index contributed by atoms with van der Waals surface area (Å²) >= 11 is 0. The second kappa shape index (κ2) is 8.89. The van der Waals surface area contributed by atoms with E-state index in [1.54, 1.807) is 18.2 Å². The number of nitrogens with zero attached hydrogens (tertiary/aromatic N) is 2. The van der Waals surface area contributed by atoms with E-state index in [9.17, 15) is 14.4 Å². The molecule has 1 saturated heterocycles. The molecule has 0 radical (unpaired) electrons. The number of piperidine rings is 1. The summed E-state index contributed by atoms with van der Waals surface area (Å²) in [6.45, 7) is 2.85. The summed E-state index contributed by atoms with van der Waals surface area (Å²) in [5, 5.41) is 5.43. The molecule has 2 amide bonds. The van der Waals surface area contributed by atoms with Crippen LogP contribution < -0.4 is 30.6 Å². The minimum absolute atomic E-state index is 0.135. The highest BCUT2D eigenvalue weighted by atomic mass is 16.5. The number of fused-ring (bicyclic) bond motifs is 1. The Morgan fingerprint density at radius 3 is 2.75 bits per heavy atom. The predicted octanol–water partition coefficient (Wildman–Crippen LogP) is 2.23. The second-order valence-electron chi connectivity index (χ2n) is 8.05. The third-order valence-corrected chi connectivity index (χ3v) is 5.99. The molecular formula is C22H27N5O5. The van der Waals surface area contributed by atoms with Crippen molar-refractivity contribution >= 4 is 29.3 Å². The van der Waals surface area contributed by atoms with E-state index in [0.29, 0.717) is 23.1 Å². The molecule has 3 N–H and O–H groups in total. The van der Waals surface area contributed by atoms with E-state index in [2.05, 4.69) is 27.5 Å². The zero-order valence-corrected chi connectivity index (χ0v) is 18.4. The number of hydrogen-bond donors (Lipinski definition) is 3. The first-order valence-electron chi connectivity index (χ1n) is 10.6. The van der Waals surface area contributed by atoms with Gasteiger partial charge in [0.1, 0.15) is 17.3 Å². The molecule has 10 nitrogen and oxygen atoms in total. The summed E-state index contributed by atoms with van der Waals surface area (Å²) in [5.41, 5.74) is 0.102. The van der Waals surface area contributed by atoms with Gasteiger partial charge >= 0.3 is 0 Å². The minimum Gasteiger partial charge on any atom is -0.497 e. The quantitative estimate of drug-likeness (QED) is 0.650. The van der Waals surface area contributed by atoms with E-state index >= 15 is 0 Å². The van der Waals surface area contributed by atoms with Gasteiger partial charge < -0.3 is 25.0 Å². The van der Waals surface area contributed by atoms with Gasteiger partial charge in [0, 0.05) is 25.1 Å². The van der Waals surface area contributed by atoms with E-state index in [1.807, 2.05) is 4.90 Å². The molecule has 170 valence electrons. The van der Waals surface area contributed by atoms with Crippen LogP contribution in [0.1, 0.15) is 44.1 Å². The molecule has 0 unspecified atom stereocenters. The van der Waals surface area contributed by atoms with Crippen molar-refractivity contribution in [3.05, 3.63) is 34.1 Å². The van der Waals surface area contributed by atoms with Crippen molar-refractivity contribution in [2.24, 2.45) is 0 Å². The number of H-pyrrole nitrogens is 1. The summed E-state index contributed by atoms with van der Waals surface area (Å²) in [6, 6.07) is 5.21. The Morgan fingerprint density at radius 1 is 1.22 bits per heavy atom. The molecular weight excluding hydrogens is 414 g/mol. The summed E-state index contributed by atoms with van der Waals surface area (Å²) in [5.74, 6) is -0.347. The van der Waals surface area contributed by atoms with Crippen molar-refractivity contribution in [3.63, 3.8) is 0 Å². The maximum atomic E-state index is 13.2. The first-order chi connectivity index (χ1) is 15.4. The largest absolute Gasteiger partial charge is 0.497 e. The number of anilines is 3. The van der Waals surface area contributed by atoms with E-state index in [-0.39, 0.29) is 29.8 Å². The Hall–Kier alpha value is -3.56. The van der Waals surface area contributed by atoms with E-state index < -0.39 is 17.4 Å². The molecule has 2 aliphatic rings. The van der Waals surface area contributed by atoms with Crippen molar-refractivity contribution in [3.8, 4) is 11.5 Å². The normalized spacial score (nSPS) is 20.2. The molecule has 1 aromatic heterocycles. The Kier molecular flexibility index (Phi) is 6.02. The SMILES string of the molecule is COc1ccc(OC)c(NC(=O)[C@@H]2CC(=O)Nc3nc(N4CCCC[C@H]4C)[nH]c(=O)c32)c1. The van der Waals surface area contributed by atoms with Crippen LogP contribution >= 0.6 is 0 Å². The van der Waals surface area contributed by atoms with Crippen LogP contribution in [0.5, 0.6) is 11.5 Å². The van der Waals surface area contributed by atoms with Crippen LogP contribution in [0.4, 0.5) is 17.5 Å². The molecule has 1 fully saturated rings. The van der Waals surface area contributed by atoms with Crippen LogP contribution in [0.2, 0.25) is 0 Å². The lowest BCUT2D eigenvalue weighted by molar-refractivity contribution is -0.123. The van der Waals surface area contributed by atoms with Crippen LogP contribution in [-0.4, -0.2) is 48.6 Å². The monoisotopic (exact) mass is 441 g/mol. The summed E-state index contributed by atoms with van der Waals surface area (Å²) in [4.78, 5) is 47.9. The highest BCUT2D eigenvalue weighted by Gasteiger charge is 2.36. The van der Waals surface area contributed by atoms with Gasteiger partial charge in [-0.3, -0.25) is 19.4 Å². The minimum atomic E-state index is -0.987. The predicted molar refractivity (Wildman–Crippen MR) is 120 cm³/mol. The van der Waals surface area contributed by atoms with Gasteiger partial charge in [0.05, 0.1) is 31.4 Å². The number of carbonyl (C=O) groups excluding carboxylic acids is 2. The van der Waals surface area contributed by atoms with Gasteiger partial charge in [-0.2, -0.15) is 4.98 Å². The summed E-state index contributed by atoms with van der Waals surface area (Å²) in [6.07, 6.45) is 2.97. The van der Waals surface area contributed by atoms with Gasteiger partial charge in [0.25, 0.3) is 5.56 Å². The van der Waals surface area contributed by atoms with Crippen LogP contribution in [0.25, 0.3) is 0 Å². The second-order valence-corrected chi connectivity index (χ2v) is 8.05. The topological polar surface area (TPSA) is 126 Å². The fourth-order valence-corrected chi connectivity index (χ4v) is 4.26. The van der Waals surface area contributed by atoms with Gasteiger partial charge in [0.2, 0.25) is 17.8 Å². The third kappa shape index (κ3) is 4.12. The van der Waals surface area contributed by atoms with Gasteiger partial charge in [0.15, 0.2) is 0 Å². The average molecular weight is 441 g/mol. The van der Waals surface area contributed by atoms with Gasteiger partial charge in [-0.1, -0.05) is 0 Å². The van der Waals surface area contributed by atoms with Crippen LogP contribution in [-0.2, 0) is 9.59 Å². The zero-order valence-electron chi connectivity index (χ0n) is 18.4. The first-order valence-corrected chi connectivity index (χ1v) is 10.6. The molecule has 0 spiro atoms. The molecule has 0 bridgehead atoms. The van der Waals surface area contributed by atoms with Crippen molar-refractivity contribution in [2.45, 2.75) is 44.6 Å². The van der Waals surface area contributed by atoms with Crippen molar-refractivity contribution in [1.29, 1.82) is 0 Å². The molecule has 2 aromatic rings. The molecule has 3 heterocycles. The number of carbonyl (C=O) groups is 2. The van der Waals surface area contributed by atoms with Crippen molar-refractivity contribution in [1.82, 2.24) is 9.97 Å². The van der Waals surface area contributed by atoms with Crippen molar-refractivity contribution < 1.29 is 19.1 Å². The summed E-state index contributed by atoms with van der Waals surface area (Å²) < 4.78 is 10.5. The van der Waals surface area contributed by atoms with Crippen molar-refractivity contribution in [2.75, 3.05) is 36.3 Å². The number of amides is 2. The lowest BCUT2D eigenvalue weighted by atomic mass is 9.92. The van der Waals surface area contributed by atoms with Crippen LogP contribution in [0.15, 0.2) is 23.0 Å². The molecule has 1 aromatic carbocycles. The number of benzene rings is 1. The molecule has 4 rings (SSSR count). The summed E-state index contributed by atoms with van der Waals surface area (Å²) in [7, 11) is 3.00. The van der Waals surface area contributed by atoms with E-state index in [0.717, 1.165) is 25.8 Å². The highest BCUT2D eigenvalue weighted by molar-refractivity contribution is 6.05.